The van der Waals surface area contributed by atoms with Gasteiger partial charge in [0.05, 0.1) is 11.6 Å². The van der Waals surface area contributed by atoms with Gasteiger partial charge < -0.3 is 5.11 Å². The van der Waals surface area contributed by atoms with E-state index >= 15 is 0 Å². The molecule has 5 heteroatoms. The van der Waals surface area contributed by atoms with Crippen LogP contribution in [-0.2, 0) is 0 Å². The van der Waals surface area contributed by atoms with Crippen LogP contribution in [-0.4, -0.2) is 16.9 Å². The fourth-order valence-electron chi connectivity index (χ4n) is 1.08. The van der Waals surface area contributed by atoms with Gasteiger partial charge in [-0.05, 0) is 18.1 Å². The van der Waals surface area contributed by atoms with Gasteiger partial charge in [0.25, 0.3) is 5.60 Å². The van der Waals surface area contributed by atoms with Crippen LogP contribution in [0.15, 0.2) is 42.5 Å². The molecular weight excluding hydrogens is 243 g/mol. The molecule has 1 aromatic rings. The molecule has 0 bridgehead atoms. The Morgan fingerprint density at radius 1 is 1.22 bits per heavy atom. The third-order valence-electron chi connectivity index (χ3n) is 2.14. The summed E-state index contributed by atoms with van der Waals surface area (Å²) in [5, 5.41) is 17.9. The monoisotopic (exact) mass is 251 g/mol. The Morgan fingerprint density at radius 3 is 2.22 bits per heavy atom. The molecule has 0 aromatic heterocycles. The van der Waals surface area contributed by atoms with Crippen molar-refractivity contribution in [2.45, 2.75) is 11.8 Å². The van der Waals surface area contributed by atoms with Crippen LogP contribution in [0.4, 0.5) is 13.2 Å². The molecule has 0 saturated heterocycles. The Morgan fingerprint density at radius 2 is 1.78 bits per heavy atom. The Bertz CT molecular complexity index is 546. The molecular formula is C13H8F3NO. The Kier molecular flexibility index (Phi) is 3.80. The summed E-state index contributed by atoms with van der Waals surface area (Å²) in [7, 11) is 0. The maximum absolute atomic E-state index is 12.7. The predicted octanol–water partition coefficient (Wildman–Crippen LogP) is 2.41. The van der Waals surface area contributed by atoms with E-state index in [0.717, 1.165) is 0 Å². The first-order valence-corrected chi connectivity index (χ1v) is 4.78. The summed E-state index contributed by atoms with van der Waals surface area (Å²) in [6, 6.07) is 9.01. The van der Waals surface area contributed by atoms with Crippen LogP contribution in [0.3, 0.4) is 0 Å². The fourth-order valence-corrected chi connectivity index (χ4v) is 1.08. The summed E-state index contributed by atoms with van der Waals surface area (Å²) in [5.74, 6) is 3.84. The van der Waals surface area contributed by atoms with Gasteiger partial charge in [0.2, 0.25) is 0 Å². The largest absolute Gasteiger partial charge is 0.433 e. The minimum absolute atomic E-state index is 0.297. The number of nitriles is 1. The first kappa shape index (κ1) is 13.8. The maximum atomic E-state index is 12.7. The van der Waals surface area contributed by atoms with E-state index in [1.807, 2.05) is 0 Å². The number of alkyl halides is 3. The summed E-state index contributed by atoms with van der Waals surface area (Å²) in [6.45, 7) is 2.89. The molecule has 0 aliphatic carbocycles. The molecule has 0 radical (unpaired) electrons. The van der Waals surface area contributed by atoms with Crippen molar-refractivity contribution in [3.8, 4) is 17.9 Å². The van der Waals surface area contributed by atoms with Crippen LogP contribution in [0.2, 0.25) is 0 Å². The lowest BCUT2D eigenvalue weighted by Gasteiger charge is -2.23. The molecule has 1 unspecified atom stereocenters. The van der Waals surface area contributed by atoms with Gasteiger partial charge in [-0.3, -0.25) is 0 Å². The lowest BCUT2D eigenvalue weighted by Crippen LogP contribution is -2.45. The first-order chi connectivity index (χ1) is 8.31. The van der Waals surface area contributed by atoms with E-state index in [-0.39, 0.29) is 0 Å². The quantitative estimate of drug-likeness (QED) is 0.615. The Balaban J connectivity index is 3.22. The maximum Gasteiger partial charge on any atom is 0.433 e. The average molecular weight is 251 g/mol. The van der Waals surface area contributed by atoms with Crippen LogP contribution in [0, 0.1) is 23.2 Å². The number of nitrogens with zero attached hydrogens (tertiary/aromatic N) is 1. The third-order valence-corrected chi connectivity index (χ3v) is 2.14. The summed E-state index contributed by atoms with van der Waals surface area (Å²) >= 11 is 0. The van der Waals surface area contributed by atoms with Crippen molar-refractivity contribution in [2.24, 2.45) is 0 Å². The molecule has 1 rings (SSSR count). The van der Waals surface area contributed by atoms with E-state index in [1.54, 1.807) is 24.1 Å². The molecule has 0 aliphatic rings. The second kappa shape index (κ2) is 4.95. The molecule has 0 spiro atoms. The van der Waals surface area contributed by atoms with Crippen LogP contribution < -0.4 is 0 Å². The van der Waals surface area contributed by atoms with E-state index in [2.05, 4.69) is 12.5 Å². The van der Waals surface area contributed by atoms with Gasteiger partial charge >= 0.3 is 6.18 Å². The number of benzene rings is 1. The molecule has 2 nitrogen and oxygen atoms in total. The van der Waals surface area contributed by atoms with E-state index in [1.165, 1.54) is 18.2 Å². The Labute approximate surface area is 102 Å². The van der Waals surface area contributed by atoms with Crippen molar-refractivity contribution in [3.63, 3.8) is 0 Å². The van der Waals surface area contributed by atoms with Crippen molar-refractivity contribution in [2.75, 3.05) is 0 Å². The zero-order valence-corrected chi connectivity index (χ0v) is 9.12. The van der Waals surface area contributed by atoms with Crippen LogP contribution >= 0.6 is 0 Å². The van der Waals surface area contributed by atoms with Crippen molar-refractivity contribution in [1.82, 2.24) is 0 Å². The van der Waals surface area contributed by atoms with Gasteiger partial charge in [-0.1, -0.05) is 30.7 Å². The van der Waals surface area contributed by atoms with E-state index in [0.29, 0.717) is 5.56 Å². The van der Waals surface area contributed by atoms with Crippen LogP contribution in [0.25, 0.3) is 0 Å². The summed E-state index contributed by atoms with van der Waals surface area (Å²) in [4.78, 5) is 0. The number of hydrogen-bond donors (Lipinski definition) is 1. The molecule has 1 N–H and O–H groups in total. The number of rotatable bonds is 1. The van der Waals surface area contributed by atoms with Crippen molar-refractivity contribution < 1.29 is 18.3 Å². The molecule has 1 atom stereocenters. The fraction of sp³-hybridized carbons (Fsp3) is 0.154. The number of aliphatic hydroxyl groups is 1. The highest BCUT2D eigenvalue weighted by Gasteiger charge is 2.55. The summed E-state index contributed by atoms with van der Waals surface area (Å²) < 4.78 is 38.0. The summed E-state index contributed by atoms with van der Waals surface area (Å²) in [5.41, 5.74) is -4.28. The van der Waals surface area contributed by atoms with Crippen LogP contribution in [0.5, 0.6) is 0 Å². The molecule has 18 heavy (non-hydrogen) atoms. The second-order valence-electron chi connectivity index (χ2n) is 3.41. The third kappa shape index (κ3) is 2.71. The van der Waals surface area contributed by atoms with Crippen LogP contribution in [0.1, 0.15) is 5.56 Å². The highest BCUT2D eigenvalue weighted by atomic mass is 19.4. The molecule has 1 aromatic carbocycles. The topological polar surface area (TPSA) is 44.0 Å². The zero-order valence-electron chi connectivity index (χ0n) is 9.12. The first-order valence-electron chi connectivity index (χ1n) is 4.78. The predicted molar refractivity (Wildman–Crippen MR) is 59.1 cm³/mol. The van der Waals surface area contributed by atoms with Gasteiger partial charge in [0, 0.05) is 5.56 Å². The highest BCUT2D eigenvalue weighted by molar-refractivity contribution is 5.45. The molecule has 0 heterocycles. The number of halogens is 3. The van der Waals surface area contributed by atoms with Crippen molar-refractivity contribution in [1.29, 1.82) is 5.26 Å². The van der Waals surface area contributed by atoms with Gasteiger partial charge in [0.15, 0.2) is 0 Å². The van der Waals surface area contributed by atoms with Gasteiger partial charge in [-0.15, -0.1) is 0 Å². The highest BCUT2D eigenvalue weighted by Crippen LogP contribution is 2.34. The minimum Gasteiger partial charge on any atom is -0.366 e. The SMILES string of the molecule is C=C(C#N)C(O)(C#Cc1ccccc1)C(F)(F)F. The molecule has 0 fully saturated rings. The van der Waals surface area contributed by atoms with E-state index < -0.39 is 17.4 Å². The standard InChI is InChI=1S/C13H8F3NO/c1-10(9-17)12(18,13(14,15)16)8-7-11-5-3-2-4-6-11/h2-6,18H,1H2. The second-order valence-corrected chi connectivity index (χ2v) is 3.41. The van der Waals surface area contributed by atoms with Gasteiger partial charge in [-0.25, -0.2) is 0 Å². The van der Waals surface area contributed by atoms with E-state index in [9.17, 15) is 18.3 Å². The normalized spacial score (nSPS) is 13.7. The average Bonchev–Trinajstić information content (AvgIpc) is 2.34. The van der Waals surface area contributed by atoms with Gasteiger partial charge in [0.1, 0.15) is 0 Å². The zero-order chi connectivity index (χ0) is 13.8. The van der Waals surface area contributed by atoms with E-state index in [4.69, 9.17) is 5.26 Å². The van der Waals surface area contributed by atoms with Crippen molar-refractivity contribution >= 4 is 0 Å². The van der Waals surface area contributed by atoms with Gasteiger partial charge in [-0.2, -0.15) is 18.4 Å². The molecule has 0 saturated carbocycles. The number of hydrogen-bond acceptors (Lipinski definition) is 2. The lowest BCUT2D eigenvalue weighted by atomic mass is 9.95. The summed E-state index contributed by atoms with van der Waals surface area (Å²) in [6.07, 6.45) is -5.08. The smallest absolute Gasteiger partial charge is 0.366 e. The molecule has 0 amide bonds. The molecule has 0 aliphatic heterocycles. The Hall–Kier alpha value is -2.24. The lowest BCUT2D eigenvalue weighted by molar-refractivity contribution is -0.219. The minimum atomic E-state index is -5.08. The molecule has 92 valence electrons. The van der Waals surface area contributed by atoms with Crippen molar-refractivity contribution in [3.05, 3.63) is 48.0 Å².